The Hall–Kier alpha value is -1.56. The van der Waals surface area contributed by atoms with E-state index in [2.05, 4.69) is 15.3 Å². The molecule has 1 aromatic rings. The van der Waals surface area contributed by atoms with Crippen LogP contribution in [0.5, 0.6) is 0 Å². The molecule has 0 radical (unpaired) electrons. The summed E-state index contributed by atoms with van der Waals surface area (Å²) in [5.41, 5.74) is 10.6. The molecule has 0 fully saturated rings. The molecule has 0 bridgehead atoms. The van der Waals surface area contributed by atoms with Gasteiger partial charge in [-0.05, 0) is 19.4 Å². The summed E-state index contributed by atoms with van der Waals surface area (Å²) in [6, 6.07) is 0. The molecular weight excluding hydrogens is 182 g/mol. The van der Waals surface area contributed by atoms with Gasteiger partial charge in [-0.25, -0.2) is 4.98 Å². The Balaban J connectivity index is 2.51. The molecule has 6 heteroatoms. The number of aromatic nitrogens is 2. The van der Waals surface area contributed by atoms with Crippen molar-refractivity contribution >= 4 is 11.5 Å². The Morgan fingerprint density at radius 3 is 3.00 bits per heavy atom. The van der Waals surface area contributed by atoms with Gasteiger partial charge in [0.25, 0.3) is 5.56 Å². The Bertz CT molecular complexity index is 335. The summed E-state index contributed by atoms with van der Waals surface area (Å²) >= 11 is 0. The van der Waals surface area contributed by atoms with Crippen LogP contribution in [-0.2, 0) is 0 Å². The first-order chi connectivity index (χ1) is 6.75. The Morgan fingerprint density at radius 1 is 1.50 bits per heavy atom. The standard InChI is InChI=1S/C8H15N5O/c9-3-1-2-4-11-7-6(10)8(14)13-5-12-7/h5H,1-4,9-10H2,(H2,11,12,13,14). The number of anilines is 2. The Kier molecular flexibility index (Phi) is 3.93. The predicted molar refractivity (Wildman–Crippen MR) is 56.0 cm³/mol. The molecular formula is C8H15N5O. The summed E-state index contributed by atoms with van der Waals surface area (Å²) in [6.07, 6.45) is 3.20. The van der Waals surface area contributed by atoms with E-state index in [0.717, 1.165) is 19.4 Å². The van der Waals surface area contributed by atoms with Crippen molar-refractivity contribution in [1.29, 1.82) is 0 Å². The zero-order valence-corrected chi connectivity index (χ0v) is 7.92. The monoisotopic (exact) mass is 197 g/mol. The van der Waals surface area contributed by atoms with Crippen molar-refractivity contribution in [2.45, 2.75) is 12.8 Å². The van der Waals surface area contributed by atoms with Crippen LogP contribution in [0.25, 0.3) is 0 Å². The second-order valence-corrected chi connectivity index (χ2v) is 2.92. The fourth-order valence-electron chi connectivity index (χ4n) is 1.03. The van der Waals surface area contributed by atoms with Crippen LogP contribution in [0.4, 0.5) is 11.5 Å². The maximum Gasteiger partial charge on any atom is 0.276 e. The first kappa shape index (κ1) is 10.5. The third-order valence-electron chi connectivity index (χ3n) is 1.81. The molecule has 0 amide bonds. The number of nitrogen functional groups attached to an aromatic ring is 1. The average molecular weight is 197 g/mol. The van der Waals surface area contributed by atoms with E-state index in [1.54, 1.807) is 0 Å². The van der Waals surface area contributed by atoms with E-state index in [0.29, 0.717) is 12.4 Å². The maximum absolute atomic E-state index is 11.0. The minimum atomic E-state index is -0.318. The molecule has 78 valence electrons. The molecule has 0 aliphatic rings. The van der Waals surface area contributed by atoms with Crippen LogP contribution in [0.3, 0.4) is 0 Å². The molecule has 0 atom stereocenters. The van der Waals surface area contributed by atoms with E-state index in [1.165, 1.54) is 6.33 Å². The quantitative estimate of drug-likeness (QED) is 0.476. The number of H-pyrrole nitrogens is 1. The zero-order valence-electron chi connectivity index (χ0n) is 7.92. The normalized spacial score (nSPS) is 10.1. The van der Waals surface area contributed by atoms with Crippen LogP contribution in [0.1, 0.15) is 12.8 Å². The van der Waals surface area contributed by atoms with Gasteiger partial charge in [0.2, 0.25) is 0 Å². The van der Waals surface area contributed by atoms with Crippen molar-refractivity contribution in [2.24, 2.45) is 5.73 Å². The second-order valence-electron chi connectivity index (χ2n) is 2.92. The summed E-state index contributed by atoms with van der Waals surface area (Å²) in [5, 5.41) is 2.98. The lowest BCUT2D eigenvalue weighted by Crippen LogP contribution is -2.17. The largest absolute Gasteiger partial charge is 0.391 e. The molecule has 0 unspecified atom stereocenters. The van der Waals surface area contributed by atoms with E-state index >= 15 is 0 Å². The second kappa shape index (κ2) is 5.23. The molecule has 0 saturated heterocycles. The van der Waals surface area contributed by atoms with Crippen molar-refractivity contribution in [3.63, 3.8) is 0 Å². The topological polar surface area (TPSA) is 110 Å². The maximum atomic E-state index is 11.0. The van der Waals surface area contributed by atoms with Gasteiger partial charge < -0.3 is 21.8 Å². The van der Waals surface area contributed by atoms with E-state index in [9.17, 15) is 4.79 Å². The van der Waals surface area contributed by atoms with Crippen LogP contribution < -0.4 is 22.3 Å². The van der Waals surface area contributed by atoms with Gasteiger partial charge in [-0.2, -0.15) is 0 Å². The van der Waals surface area contributed by atoms with Crippen molar-refractivity contribution < 1.29 is 0 Å². The molecule has 0 aromatic carbocycles. The number of rotatable bonds is 5. The lowest BCUT2D eigenvalue weighted by atomic mass is 10.3. The van der Waals surface area contributed by atoms with E-state index < -0.39 is 0 Å². The molecule has 1 aromatic heterocycles. The summed E-state index contributed by atoms with van der Waals surface area (Å²) in [5.74, 6) is 0.436. The number of hydrogen-bond donors (Lipinski definition) is 4. The SMILES string of the molecule is NCCCCNc1nc[nH]c(=O)c1N. The summed E-state index contributed by atoms with van der Waals surface area (Å²) in [6.45, 7) is 1.39. The molecule has 0 spiro atoms. The highest BCUT2D eigenvalue weighted by atomic mass is 16.1. The molecule has 0 saturated carbocycles. The van der Waals surface area contributed by atoms with Crippen molar-refractivity contribution in [3.05, 3.63) is 16.7 Å². The highest BCUT2D eigenvalue weighted by Crippen LogP contribution is 2.06. The third kappa shape index (κ3) is 2.74. The van der Waals surface area contributed by atoms with Gasteiger partial charge in [-0.1, -0.05) is 0 Å². The van der Waals surface area contributed by atoms with Gasteiger partial charge in [0, 0.05) is 6.54 Å². The minimum absolute atomic E-state index is 0.125. The predicted octanol–water partition coefficient (Wildman–Crippen LogP) is -0.497. The molecule has 0 aliphatic heterocycles. The van der Waals surface area contributed by atoms with Crippen molar-refractivity contribution in [2.75, 3.05) is 24.1 Å². The number of nitrogens with one attached hydrogen (secondary N) is 2. The number of nitrogens with zero attached hydrogens (tertiary/aromatic N) is 1. The lowest BCUT2D eigenvalue weighted by molar-refractivity contribution is 0.772. The number of aromatic amines is 1. The Morgan fingerprint density at radius 2 is 2.29 bits per heavy atom. The summed E-state index contributed by atoms with van der Waals surface area (Å²) in [4.78, 5) is 17.4. The summed E-state index contributed by atoms with van der Waals surface area (Å²) in [7, 11) is 0. The Labute approximate surface area is 81.7 Å². The van der Waals surface area contributed by atoms with Gasteiger partial charge in [0.05, 0.1) is 6.33 Å². The van der Waals surface area contributed by atoms with Crippen LogP contribution in [0, 0.1) is 0 Å². The van der Waals surface area contributed by atoms with Crippen LogP contribution in [0.15, 0.2) is 11.1 Å². The van der Waals surface area contributed by atoms with Crippen molar-refractivity contribution in [1.82, 2.24) is 9.97 Å². The molecule has 6 N–H and O–H groups in total. The fourth-order valence-corrected chi connectivity index (χ4v) is 1.03. The summed E-state index contributed by atoms with van der Waals surface area (Å²) < 4.78 is 0. The molecule has 1 rings (SSSR count). The number of nitrogens with two attached hydrogens (primary N) is 2. The van der Waals surface area contributed by atoms with Crippen molar-refractivity contribution in [3.8, 4) is 0 Å². The van der Waals surface area contributed by atoms with Crippen LogP contribution >= 0.6 is 0 Å². The highest BCUT2D eigenvalue weighted by Gasteiger charge is 2.02. The first-order valence-corrected chi connectivity index (χ1v) is 4.53. The number of hydrogen-bond acceptors (Lipinski definition) is 5. The first-order valence-electron chi connectivity index (χ1n) is 4.53. The number of unbranched alkanes of at least 4 members (excludes halogenated alkanes) is 1. The van der Waals surface area contributed by atoms with Crippen LogP contribution in [-0.4, -0.2) is 23.1 Å². The van der Waals surface area contributed by atoms with Gasteiger partial charge in [-0.15, -0.1) is 0 Å². The lowest BCUT2D eigenvalue weighted by Gasteiger charge is -2.05. The van der Waals surface area contributed by atoms with E-state index in [-0.39, 0.29) is 11.2 Å². The smallest absolute Gasteiger partial charge is 0.276 e. The van der Waals surface area contributed by atoms with Gasteiger partial charge in [0.15, 0.2) is 5.82 Å². The molecule has 14 heavy (non-hydrogen) atoms. The minimum Gasteiger partial charge on any atom is -0.391 e. The van der Waals surface area contributed by atoms with Gasteiger partial charge in [-0.3, -0.25) is 4.79 Å². The third-order valence-corrected chi connectivity index (χ3v) is 1.81. The van der Waals surface area contributed by atoms with Gasteiger partial charge >= 0.3 is 0 Å². The van der Waals surface area contributed by atoms with Crippen LogP contribution in [0.2, 0.25) is 0 Å². The van der Waals surface area contributed by atoms with E-state index in [1.807, 2.05) is 0 Å². The molecule has 6 nitrogen and oxygen atoms in total. The highest BCUT2D eigenvalue weighted by molar-refractivity contribution is 5.58. The molecule has 0 aliphatic carbocycles. The average Bonchev–Trinajstić information content (AvgIpc) is 2.19. The van der Waals surface area contributed by atoms with E-state index in [4.69, 9.17) is 11.5 Å². The zero-order chi connectivity index (χ0) is 10.4. The van der Waals surface area contributed by atoms with Gasteiger partial charge in [0.1, 0.15) is 5.69 Å². The fraction of sp³-hybridized carbons (Fsp3) is 0.500. The molecule has 1 heterocycles.